The van der Waals surface area contributed by atoms with Crippen molar-refractivity contribution in [1.29, 1.82) is 0 Å². The third-order valence-corrected chi connectivity index (χ3v) is 3.47. The SMILES string of the molecule is Cc1ccccc1CCNCc1cccc(C)c1O. The molecule has 2 heteroatoms. The molecule has 0 aliphatic rings. The third-order valence-electron chi connectivity index (χ3n) is 3.47. The quantitative estimate of drug-likeness (QED) is 0.803. The van der Waals surface area contributed by atoms with Crippen LogP contribution in [0.4, 0.5) is 0 Å². The van der Waals surface area contributed by atoms with E-state index < -0.39 is 0 Å². The second-order valence-electron chi connectivity index (χ2n) is 4.94. The predicted octanol–water partition coefficient (Wildman–Crippen LogP) is 3.34. The molecule has 2 nitrogen and oxygen atoms in total. The van der Waals surface area contributed by atoms with Gasteiger partial charge >= 0.3 is 0 Å². The van der Waals surface area contributed by atoms with Crippen molar-refractivity contribution >= 4 is 0 Å². The van der Waals surface area contributed by atoms with Gasteiger partial charge in [-0.2, -0.15) is 0 Å². The first kappa shape index (κ1) is 13.6. The lowest BCUT2D eigenvalue weighted by atomic mass is 10.1. The van der Waals surface area contributed by atoms with Gasteiger partial charge in [0.1, 0.15) is 5.75 Å². The van der Waals surface area contributed by atoms with Crippen LogP contribution in [0.3, 0.4) is 0 Å². The zero-order chi connectivity index (χ0) is 13.7. The maximum atomic E-state index is 9.92. The molecule has 0 aliphatic heterocycles. The fraction of sp³-hybridized carbons (Fsp3) is 0.294. The van der Waals surface area contributed by atoms with Gasteiger partial charge in [-0.05, 0) is 43.5 Å². The average molecular weight is 255 g/mol. The normalized spacial score (nSPS) is 10.6. The number of para-hydroxylation sites is 1. The number of aryl methyl sites for hydroxylation is 2. The van der Waals surface area contributed by atoms with Crippen LogP contribution < -0.4 is 5.32 Å². The van der Waals surface area contributed by atoms with E-state index >= 15 is 0 Å². The highest BCUT2D eigenvalue weighted by Gasteiger charge is 2.03. The summed E-state index contributed by atoms with van der Waals surface area (Å²) in [7, 11) is 0. The summed E-state index contributed by atoms with van der Waals surface area (Å²) in [4.78, 5) is 0. The molecule has 2 rings (SSSR count). The molecule has 100 valence electrons. The zero-order valence-electron chi connectivity index (χ0n) is 11.6. The first-order valence-electron chi connectivity index (χ1n) is 6.71. The van der Waals surface area contributed by atoms with Gasteiger partial charge in [0.25, 0.3) is 0 Å². The second-order valence-corrected chi connectivity index (χ2v) is 4.94. The Morgan fingerprint density at radius 1 is 0.895 bits per heavy atom. The molecule has 0 unspecified atom stereocenters. The van der Waals surface area contributed by atoms with E-state index in [-0.39, 0.29) is 0 Å². The Labute approximate surface area is 115 Å². The largest absolute Gasteiger partial charge is 0.507 e. The van der Waals surface area contributed by atoms with E-state index in [9.17, 15) is 5.11 Å². The lowest BCUT2D eigenvalue weighted by molar-refractivity contribution is 0.460. The van der Waals surface area contributed by atoms with Crippen molar-refractivity contribution in [1.82, 2.24) is 5.32 Å². The molecule has 2 aromatic carbocycles. The van der Waals surface area contributed by atoms with Crippen LogP contribution in [0.15, 0.2) is 42.5 Å². The summed E-state index contributed by atoms with van der Waals surface area (Å²) < 4.78 is 0. The molecule has 0 aliphatic carbocycles. The Kier molecular flexibility index (Phi) is 4.58. The summed E-state index contributed by atoms with van der Waals surface area (Å²) in [6, 6.07) is 14.3. The Bertz CT molecular complexity index is 549. The van der Waals surface area contributed by atoms with Gasteiger partial charge in [-0.15, -0.1) is 0 Å². The molecule has 0 heterocycles. The Hall–Kier alpha value is -1.80. The lowest BCUT2D eigenvalue weighted by Gasteiger charge is -2.09. The molecule has 19 heavy (non-hydrogen) atoms. The predicted molar refractivity (Wildman–Crippen MR) is 79.4 cm³/mol. The number of hydrogen-bond donors (Lipinski definition) is 2. The van der Waals surface area contributed by atoms with Gasteiger partial charge in [-0.3, -0.25) is 0 Å². The summed E-state index contributed by atoms with van der Waals surface area (Å²) in [5, 5.41) is 13.3. The van der Waals surface area contributed by atoms with Gasteiger partial charge in [-0.25, -0.2) is 0 Å². The topological polar surface area (TPSA) is 32.3 Å². The lowest BCUT2D eigenvalue weighted by Crippen LogP contribution is -2.17. The molecule has 0 radical (unpaired) electrons. The van der Waals surface area contributed by atoms with Crippen molar-refractivity contribution in [3.05, 3.63) is 64.7 Å². The smallest absolute Gasteiger partial charge is 0.122 e. The van der Waals surface area contributed by atoms with Crippen LogP contribution in [0.5, 0.6) is 5.75 Å². The van der Waals surface area contributed by atoms with E-state index in [0.717, 1.165) is 24.1 Å². The van der Waals surface area contributed by atoms with Crippen molar-refractivity contribution < 1.29 is 5.11 Å². The minimum atomic E-state index is 0.408. The van der Waals surface area contributed by atoms with Gasteiger partial charge in [0, 0.05) is 12.1 Å². The van der Waals surface area contributed by atoms with Crippen molar-refractivity contribution in [2.24, 2.45) is 0 Å². The number of nitrogens with one attached hydrogen (secondary N) is 1. The molecule has 0 saturated carbocycles. The van der Waals surface area contributed by atoms with E-state index in [1.165, 1.54) is 11.1 Å². The van der Waals surface area contributed by atoms with Crippen LogP contribution in [-0.2, 0) is 13.0 Å². The van der Waals surface area contributed by atoms with Gasteiger partial charge < -0.3 is 10.4 Å². The molecule has 2 aromatic rings. The second kappa shape index (κ2) is 6.39. The number of hydrogen-bond acceptors (Lipinski definition) is 2. The highest BCUT2D eigenvalue weighted by molar-refractivity contribution is 5.39. The fourth-order valence-corrected chi connectivity index (χ4v) is 2.20. The average Bonchev–Trinajstić information content (AvgIpc) is 2.41. The molecule has 0 amide bonds. The third kappa shape index (κ3) is 3.58. The van der Waals surface area contributed by atoms with Crippen molar-refractivity contribution in [3.63, 3.8) is 0 Å². The van der Waals surface area contributed by atoms with E-state index in [1.807, 2.05) is 25.1 Å². The zero-order valence-corrected chi connectivity index (χ0v) is 11.6. The van der Waals surface area contributed by atoms with E-state index in [4.69, 9.17) is 0 Å². The monoisotopic (exact) mass is 255 g/mol. The highest BCUT2D eigenvalue weighted by atomic mass is 16.3. The van der Waals surface area contributed by atoms with Crippen molar-refractivity contribution in [2.75, 3.05) is 6.54 Å². The molecule has 0 fully saturated rings. The number of phenolic OH excluding ortho intramolecular Hbond substituents is 1. The van der Waals surface area contributed by atoms with Crippen LogP contribution in [0.25, 0.3) is 0 Å². The van der Waals surface area contributed by atoms with E-state index in [0.29, 0.717) is 12.3 Å². The minimum Gasteiger partial charge on any atom is -0.507 e. The Balaban J connectivity index is 1.84. The first-order chi connectivity index (χ1) is 9.18. The molecular formula is C17H21NO. The summed E-state index contributed by atoms with van der Waals surface area (Å²) in [6.45, 7) is 5.69. The molecule has 0 aromatic heterocycles. The molecular weight excluding hydrogens is 234 g/mol. The van der Waals surface area contributed by atoms with Crippen LogP contribution >= 0.6 is 0 Å². The molecule has 0 spiro atoms. The van der Waals surface area contributed by atoms with Crippen molar-refractivity contribution in [2.45, 2.75) is 26.8 Å². The van der Waals surface area contributed by atoms with Gasteiger partial charge in [-0.1, -0.05) is 42.5 Å². The van der Waals surface area contributed by atoms with Gasteiger partial charge in [0.15, 0.2) is 0 Å². The van der Waals surface area contributed by atoms with Gasteiger partial charge in [0.05, 0.1) is 0 Å². The Morgan fingerprint density at radius 2 is 1.58 bits per heavy atom. The van der Waals surface area contributed by atoms with Crippen LogP contribution in [-0.4, -0.2) is 11.7 Å². The number of aromatic hydroxyl groups is 1. The van der Waals surface area contributed by atoms with Gasteiger partial charge in [0.2, 0.25) is 0 Å². The van der Waals surface area contributed by atoms with E-state index in [2.05, 4.69) is 36.5 Å². The molecule has 0 bridgehead atoms. The molecule has 0 saturated heterocycles. The standard InChI is InChI=1S/C17H21NO/c1-13-6-3-4-8-15(13)10-11-18-12-16-9-5-7-14(2)17(16)19/h3-9,18-19H,10-12H2,1-2H3. The number of phenols is 1. The fourth-order valence-electron chi connectivity index (χ4n) is 2.20. The van der Waals surface area contributed by atoms with Crippen molar-refractivity contribution in [3.8, 4) is 5.75 Å². The summed E-state index contributed by atoms with van der Waals surface area (Å²) in [5.41, 5.74) is 4.61. The van der Waals surface area contributed by atoms with Crippen LogP contribution in [0, 0.1) is 13.8 Å². The van der Waals surface area contributed by atoms with Crippen LogP contribution in [0.1, 0.15) is 22.3 Å². The first-order valence-corrected chi connectivity index (χ1v) is 6.71. The summed E-state index contributed by atoms with van der Waals surface area (Å²) in [6.07, 6.45) is 1.01. The summed E-state index contributed by atoms with van der Waals surface area (Å²) >= 11 is 0. The summed E-state index contributed by atoms with van der Waals surface area (Å²) in [5.74, 6) is 0.408. The van der Waals surface area contributed by atoms with Crippen LogP contribution in [0.2, 0.25) is 0 Å². The van der Waals surface area contributed by atoms with E-state index in [1.54, 1.807) is 0 Å². The maximum absolute atomic E-state index is 9.92. The number of benzene rings is 2. The maximum Gasteiger partial charge on any atom is 0.122 e. The molecule has 2 N–H and O–H groups in total. The minimum absolute atomic E-state index is 0.408. The molecule has 0 atom stereocenters. The Morgan fingerprint density at radius 3 is 2.37 bits per heavy atom. The number of rotatable bonds is 5. The highest BCUT2D eigenvalue weighted by Crippen LogP contribution is 2.20.